The Morgan fingerprint density at radius 1 is 1.03 bits per heavy atom. The summed E-state index contributed by atoms with van der Waals surface area (Å²) in [6, 6.07) is 13.9. The average Bonchev–Trinajstić information content (AvgIpc) is 2.79. The van der Waals surface area contributed by atoms with Crippen LogP contribution in [0.4, 0.5) is 5.69 Å². The molecule has 0 saturated carbocycles. The molecule has 0 heterocycles. The van der Waals surface area contributed by atoms with Crippen molar-refractivity contribution in [1.29, 1.82) is 0 Å². The van der Waals surface area contributed by atoms with Gasteiger partial charge in [-0.15, -0.1) is 0 Å². The second-order valence-electron chi connectivity index (χ2n) is 8.96. The number of hydrogen-bond donors (Lipinski definition) is 1. The van der Waals surface area contributed by atoms with Gasteiger partial charge < -0.3 is 15.0 Å². The van der Waals surface area contributed by atoms with Gasteiger partial charge in [-0.1, -0.05) is 42.0 Å². The lowest BCUT2D eigenvalue weighted by molar-refractivity contribution is -0.140. The Hall–Kier alpha value is -3.07. The van der Waals surface area contributed by atoms with Gasteiger partial charge >= 0.3 is 0 Å². The van der Waals surface area contributed by atoms with E-state index in [1.165, 1.54) is 11.4 Å². The number of para-hydroxylation sites is 2. The van der Waals surface area contributed by atoms with E-state index >= 15 is 0 Å². The van der Waals surface area contributed by atoms with Gasteiger partial charge in [-0.05, 0) is 51.8 Å². The first-order chi connectivity index (χ1) is 16.4. The van der Waals surface area contributed by atoms with Crippen LogP contribution in [0.5, 0.6) is 5.75 Å². The fourth-order valence-electron chi connectivity index (χ4n) is 3.70. The first-order valence-electron chi connectivity index (χ1n) is 11.7. The number of nitrogens with one attached hydrogen (secondary N) is 1. The van der Waals surface area contributed by atoms with Gasteiger partial charge in [0.2, 0.25) is 21.8 Å². The molecule has 0 fully saturated rings. The number of amides is 2. The van der Waals surface area contributed by atoms with Gasteiger partial charge in [0.25, 0.3) is 0 Å². The predicted molar refractivity (Wildman–Crippen MR) is 139 cm³/mol. The van der Waals surface area contributed by atoms with E-state index < -0.39 is 16.1 Å². The molecule has 2 amide bonds. The number of methoxy groups -OCH3 is 1. The topological polar surface area (TPSA) is 96.0 Å². The molecule has 0 radical (unpaired) electrons. The summed E-state index contributed by atoms with van der Waals surface area (Å²) in [4.78, 5) is 27.5. The summed E-state index contributed by atoms with van der Waals surface area (Å²) in [6.07, 6.45) is 1.50. The second kappa shape index (κ2) is 12.6. The lowest BCUT2D eigenvalue weighted by Gasteiger charge is -2.30. The average molecular weight is 504 g/mol. The van der Waals surface area contributed by atoms with Crippen molar-refractivity contribution >= 4 is 27.5 Å². The molecule has 0 saturated heterocycles. The van der Waals surface area contributed by atoms with Crippen molar-refractivity contribution < 1.29 is 22.7 Å². The second-order valence-corrected chi connectivity index (χ2v) is 10.9. The molecule has 192 valence electrons. The third kappa shape index (κ3) is 8.28. The summed E-state index contributed by atoms with van der Waals surface area (Å²) < 4.78 is 31.6. The van der Waals surface area contributed by atoms with Crippen molar-refractivity contribution in [3.05, 3.63) is 59.7 Å². The van der Waals surface area contributed by atoms with Crippen LogP contribution in [0.3, 0.4) is 0 Å². The van der Waals surface area contributed by atoms with Crippen LogP contribution in [0, 0.1) is 6.92 Å². The maximum Gasteiger partial charge on any atom is 0.242 e. The number of carbonyl (C=O) groups excluding carboxylic acids is 2. The molecular weight excluding hydrogens is 466 g/mol. The van der Waals surface area contributed by atoms with Crippen LogP contribution in [-0.4, -0.2) is 57.1 Å². The van der Waals surface area contributed by atoms with Crippen LogP contribution in [0.2, 0.25) is 0 Å². The highest BCUT2D eigenvalue weighted by Crippen LogP contribution is 2.29. The number of anilines is 1. The van der Waals surface area contributed by atoms with Crippen molar-refractivity contribution in [3.8, 4) is 5.75 Å². The number of nitrogens with zero attached hydrogens (tertiary/aromatic N) is 2. The minimum Gasteiger partial charge on any atom is -0.495 e. The molecule has 0 aliphatic heterocycles. The summed E-state index contributed by atoms with van der Waals surface area (Å²) >= 11 is 0. The van der Waals surface area contributed by atoms with Crippen molar-refractivity contribution in [2.75, 3.05) is 24.2 Å². The fourth-order valence-corrected chi connectivity index (χ4v) is 4.67. The normalized spacial score (nSPS) is 12.2. The quantitative estimate of drug-likeness (QED) is 0.478. The molecule has 0 aliphatic rings. The first kappa shape index (κ1) is 28.2. The summed E-state index contributed by atoms with van der Waals surface area (Å²) in [6.45, 7) is 7.83. The molecule has 2 aromatic carbocycles. The van der Waals surface area contributed by atoms with Gasteiger partial charge in [0.05, 0.1) is 19.1 Å². The van der Waals surface area contributed by atoms with Gasteiger partial charge in [0, 0.05) is 25.6 Å². The van der Waals surface area contributed by atoms with Crippen molar-refractivity contribution in [3.63, 3.8) is 0 Å². The van der Waals surface area contributed by atoms with Crippen LogP contribution < -0.4 is 14.4 Å². The Labute approximate surface area is 209 Å². The summed E-state index contributed by atoms with van der Waals surface area (Å²) in [5.41, 5.74) is 2.44. The molecular formula is C26H37N3O5S. The summed E-state index contributed by atoms with van der Waals surface area (Å²) in [5, 5.41) is 2.87. The monoisotopic (exact) mass is 503 g/mol. The Morgan fingerprint density at radius 2 is 1.66 bits per heavy atom. The van der Waals surface area contributed by atoms with E-state index in [9.17, 15) is 18.0 Å². The highest BCUT2D eigenvalue weighted by Gasteiger charge is 2.27. The smallest absolute Gasteiger partial charge is 0.242 e. The van der Waals surface area contributed by atoms with Crippen molar-refractivity contribution in [2.45, 2.75) is 59.2 Å². The maximum absolute atomic E-state index is 13.3. The number of benzene rings is 2. The maximum atomic E-state index is 13.3. The molecule has 0 spiro atoms. The molecule has 1 N–H and O–H groups in total. The standard InChI is InChI=1S/C26H37N3O5S/c1-19(2)27-26(31)21(4)28(18-22-15-13-20(3)14-16-22)25(30)12-9-17-29(35(6,32)33)23-10-7-8-11-24(23)34-5/h7-8,10-11,13-16,19,21H,9,12,17-18H2,1-6H3,(H,27,31)/t21-/m1/s1. The van der Waals surface area contributed by atoms with Gasteiger partial charge in [-0.2, -0.15) is 0 Å². The van der Waals surface area contributed by atoms with E-state index in [2.05, 4.69) is 5.32 Å². The molecule has 0 bridgehead atoms. The number of hydrogen-bond acceptors (Lipinski definition) is 5. The van der Waals surface area contributed by atoms with E-state index in [1.807, 2.05) is 45.0 Å². The molecule has 0 unspecified atom stereocenters. The summed E-state index contributed by atoms with van der Waals surface area (Å²) in [5.74, 6) is -0.0121. The zero-order valence-corrected chi connectivity index (χ0v) is 22.3. The third-order valence-electron chi connectivity index (χ3n) is 5.58. The Morgan fingerprint density at radius 3 is 2.23 bits per heavy atom. The lowest BCUT2D eigenvalue weighted by atomic mass is 10.1. The number of sulfonamides is 1. The van der Waals surface area contributed by atoms with E-state index in [-0.39, 0.29) is 43.8 Å². The number of ether oxygens (including phenoxy) is 1. The molecule has 9 heteroatoms. The van der Waals surface area contributed by atoms with Crippen LogP contribution in [0.15, 0.2) is 48.5 Å². The highest BCUT2D eigenvalue weighted by molar-refractivity contribution is 7.92. The summed E-state index contributed by atoms with van der Waals surface area (Å²) in [7, 11) is -2.12. The third-order valence-corrected chi connectivity index (χ3v) is 6.76. The Kier molecular flexibility index (Phi) is 10.1. The van der Waals surface area contributed by atoms with Gasteiger partial charge in [-0.3, -0.25) is 13.9 Å². The van der Waals surface area contributed by atoms with Crippen molar-refractivity contribution in [1.82, 2.24) is 10.2 Å². The van der Waals surface area contributed by atoms with Crippen molar-refractivity contribution in [2.24, 2.45) is 0 Å². The largest absolute Gasteiger partial charge is 0.495 e. The van der Waals surface area contributed by atoms with E-state index in [4.69, 9.17) is 4.74 Å². The molecule has 2 rings (SSSR count). The fraction of sp³-hybridized carbons (Fsp3) is 0.462. The lowest BCUT2D eigenvalue weighted by Crippen LogP contribution is -2.49. The molecule has 1 atom stereocenters. The minimum atomic E-state index is -3.60. The van der Waals surface area contributed by atoms with Crippen LogP contribution in [0.25, 0.3) is 0 Å². The molecule has 8 nitrogen and oxygen atoms in total. The number of rotatable bonds is 12. The number of aryl methyl sites for hydroxylation is 1. The molecule has 0 aromatic heterocycles. The van der Waals surface area contributed by atoms with Crippen LogP contribution >= 0.6 is 0 Å². The van der Waals surface area contributed by atoms with E-state index in [1.54, 1.807) is 36.1 Å². The zero-order chi connectivity index (χ0) is 26.2. The molecule has 2 aromatic rings. The van der Waals surface area contributed by atoms with E-state index in [0.29, 0.717) is 11.4 Å². The number of carbonyl (C=O) groups is 2. The van der Waals surface area contributed by atoms with E-state index in [0.717, 1.165) is 17.4 Å². The van der Waals surface area contributed by atoms with Crippen LogP contribution in [-0.2, 0) is 26.2 Å². The molecule has 35 heavy (non-hydrogen) atoms. The Bertz CT molecular complexity index is 1100. The first-order valence-corrected chi connectivity index (χ1v) is 13.5. The van der Waals surface area contributed by atoms with Gasteiger partial charge in [0.15, 0.2) is 0 Å². The van der Waals surface area contributed by atoms with Gasteiger partial charge in [-0.25, -0.2) is 8.42 Å². The minimum absolute atomic E-state index is 0.0505. The zero-order valence-electron chi connectivity index (χ0n) is 21.4. The molecule has 0 aliphatic carbocycles. The predicted octanol–water partition coefficient (Wildman–Crippen LogP) is 3.49. The van der Waals surface area contributed by atoms with Crippen LogP contribution in [0.1, 0.15) is 44.7 Å². The Balaban J connectivity index is 2.19. The van der Waals surface area contributed by atoms with Gasteiger partial charge in [0.1, 0.15) is 11.8 Å². The SMILES string of the molecule is COc1ccccc1N(CCCC(=O)N(Cc1ccc(C)cc1)[C@H](C)C(=O)NC(C)C)S(C)(=O)=O. The highest BCUT2D eigenvalue weighted by atomic mass is 32.2.